The molecule has 2 nitrogen and oxygen atoms in total. The van der Waals surface area contributed by atoms with Gasteiger partial charge >= 0.3 is 0 Å². The smallest absolute Gasteiger partial charge is 0.0726 e. The Morgan fingerprint density at radius 1 is 1.00 bits per heavy atom. The fourth-order valence-corrected chi connectivity index (χ4v) is 3.18. The Kier molecular flexibility index (Phi) is 4.04. The van der Waals surface area contributed by atoms with Crippen molar-refractivity contribution in [2.24, 2.45) is 0 Å². The highest BCUT2D eigenvalue weighted by molar-refractivity contribution is 5.96. The van der Waals surface area contributed by atoms with Crippen molar-refractivity contribution >= 4 is 22.3 Å². The summed E-state index contributed by atoms with van der Waals surface area (Å²) < 4.78 is 0. The molecule has 0 bridgehead atoms. The molecule has 1 N–H and O–H groups in total. The van der Waals surface area contributed by atoms with Crippen LogP contribution in [0.4, 0.5) is 11.4 Å². The van der Waals surface area contributed by atoms with E-state index in [1.54, 1.807) is 0 Å². The average molecular weight is 310 g/mol. The first-order valence-corrected chi connectivity index (χ1v) is 7.55. The summed E-state index contributed by atoms with van der Waals surface area (Å²) in [4.78, 5) is 4.86. The van der Waals surface area contributed by atoms with Gasteiger partial charge in [0.05, 0.1) is 11.2 Å². The van der Waals surface area contributed by atoms with E-state index >= 15 is 0 Å². The van der Waals surface area contributed by atoms with Gasteiger partial charge in [0.1, 0.15) is 0 Å². The first-order chi connectivity index (χ1) is 10.3. The van der Waals surface area contributed by atoms with Crippen LogP contribution in [0.2, 0.25) is 0 Å². The Labute approximate surface area is 137 Å². The molecule has 4 rings (SSSR count). The molecule has 0 amide bonds. The predicted octanol–water partition coefficient (Wildman–Crippen LogP) is 1.78. The number of hydrogen-bond acceptors (Lipinski definition) is 2. The fraction of sp³-hybridized carbons (Fsp3) is 0.211. The van der Waals surface area contributed by atoms with E-state index < -0.39 is 0 Å². The zero-order chi connectivity index (χ0) is 14.2. The Morgan fingerprint density at radius 3 is 2.64 bits per heavy atom. The Balaban J connectivity index is 0.00000144. The van der Waals surface area contributed by atoms with Crippen molar-refractivity contribution in [1.29, 1.82) is 0 Å². The number of halogens is 1. The van der Waals surface area contributed by atoms with E-state index in [0.717, 1.165) is 24.0 Å². The summed E-state index contributed by atoms with van der Waals surface area (Å²) in [6.07, 6.45) is 3.44. The third-order valence-corrected chi connectivity index (χ3v) is 4.21. The molecule has 0 fully saturated rings. The summed E-state index contributed by atoms with van der Waals surface area (Å²) in [6, 6.07) is 16.9. The van der Waals surface area contributed by atoms with Crippen LogP contribution in [-0.4, -0.2) is 4.98 Å². The second kappa shape index (κ2) is 5.98. The third-order valence-electron chi connectivity index (χ3n) is 4.21. The molecule has 1 heterocycles. The highest BCUT2D eigenvalue weighted by Gasteiger charge is 2.19. The number of benzene rings is 2. The number of nitrogens with zero attached hydrogens (tertiary/aromatic N) is 1. The van der Waals surface area contributed by atoms with Gasteiger partial charge in [-0.05, 0) is 56.0 Å². The lowest BCUT2D eigenvalue weighted by atomic mass is 10.0. The van der Waals surface area contributed by atoms with Gasteiger partial charge in [0.15, 0.2) is 0 Å². The average Bonchev–Trinajstić information content (AvgIpc) is 2.97. The second-order valence-electron chi connectivity index (χ2n) is 5.78. The van der Waals surface area contributed by atoms with E-state index in [1.807, 2.05) is 6.07 Å². The quantitative estimate of drug-likeness (QED) is 0.780. The van der Waals surface area contributed by atoms with E-state index in [0.29, 0.717) is 0 Å². The van der Waals surface area contributed by atoms with E-state index in [9.17, 15) is 0 Å². The lowest BCUT2D eigenvalue weighted by Crippen LogP contribution is -3.00. The van der Waals surface area contributed by atoms with Gasteiger partial charge in [0.25, 0.3) is 0 Å². The molecule has 0 unspecified atom stereocenters. The molecule has 0 aliphatic heterocycles. The molecule has 0 spiro atoms. The Hall–Kier alpha value is -2.06. The van der Waals surface area contributed by atoms with Crippen LogP contribution >= 0.6 is 0 Å². The molecule has 0 saturated carbocycles. The van der Waals surface area contributed by atoms with Crippen LogP contribution in [0.3, 0.4) is 0 Å². The molecule has 0 atom stereocenters. The van der Waals surface area contributed by atoms with Crippen molar-refractivity contribution in [2.45, 2.75) is 26.2 Å². The largest absolute Gasteiger partial charge is 1.00 e. The van der Waals surface area contributed by atoms with Crippen molar-refractivity contribution in [3.63, 3.8) is 0 Å². The molecule has 1 aliphatic rings. The van der Waals surface area contributed by atoms with Gasteiger partial charge in [0.2, 0.25) is 0 Å². The number of nitrogens with one attached hydrogen (secondary N) is 1. The second-order valence-corrected chi connectivity index (χ2v) is 5.78. The summed E-state index contributed by atoms with van der Waals surface area (Å²) in [5.74, 6) is 0. The minimum absolute atomic E-state index is 0. The molecule has 0 saturated heterocycles. The highest BCUT2D eigenvalue weighted by Crippen LogP contribution is 2.36. The molecule has 22 heavy (non-hydrogen) atoms. The van der Waals surface area contributed by atoms with Crippen molar-refractivity contribution in [3.8, 4) is 0 Å². The maximum Gasteiger partial charge on any atom is 0.0726 e. The number of anilines is 2. The van der Waals surface area contributed by atoms with Gasteiger partial charge in [0, 0.05) is 16.8 Å². The molecular formula is C19H18ClN2-. The number of pyridine rings is 1. The SMILES string of the molecule is Cc1ccc2nc3c(c(Nc4ccccc4)c2c1)CCC3.[Cl-]. The molecule has 3 heteroatoms. The third kappa shape index (κ3) is 2.55. The van der Waals surface area contributed by atoms with Gasteiger partial charge in [-0.3, -0.25) is 4.98 Å². The summed E-state index contributed by atoms with van der Waals surface area (Å²) in [5, 5.41) is 4.87. The van der Waals surface area contributed by atoms with Crippen LogP contribution in [-0.2, 0) is 12.8 Å². The van der Waals surface area contributed by atoms with Crippen LogP contribution in [0.15, 0.2) is 48.5 Å². The summed E-state index contributed by atoms with van der Waals surface area (Å²) in [6.45, 7) is 2.14. The normalized spacial score (nSPS) is 12.8. The minimum Gasteiger partial charge on any atom is -1.00 e. The number of aryl methyl sites for hydroxylation is 2. The van der Waals surface area contributed by atoms with Crippen molar-refractivity contribution in [1.82, 2.24) is 4.98 Å². The molecule has 3 aromatic rings. The Bertz CT molecular complexity index is 813. The molecular weight excluding hydrogens is 292 g/mol. The van der Waals surface area contributed by atoms with Gasteiger partial charge in [-0.1, -0.05) is 29.8 Å². The zero-order valence-electron chi connectivity index (χ0n) is 12.6. The lowest BCUT2D eigenvalue weighted by Gasteiger charge is -2.15. The van der Waals surface area contributed by atoms with Crippen molar-refractivity contribution in [3.05, 3.63) is 65.4 Å². The summed E-state index contributed by atoms with van der Waals surface area (Å²) in [5.41, 5.74) is 7.43. The van der Waals surface area contributed by atoms with Gasteiger partial charge < -0.3 is 17.7 Å². The maximum atomic E-state index is 4.86. The van der Waals surface area contributed by atoms with E-state index in [4.69, 9.17) is 4.98 Å². The van der Waals surface area contributed by atoms with Crippen molar-refractivity contribution in [2.75, 3.05) is 5.32 Å². The van der Waals surface area contributed by atoms with Crippen molar-refractivity contribution < 1.29 is 12.4 Å². The summed E-state index contributed by atoms with van der Waals surface area (Å²) in [7, 11) is 0. The van der Waals surface area contributed by atoms with E-state index in [2.05, 4.69) is 54.7 Å². The topological polar surface area (TPSA) is 24.9 Å². The molecule has 0 radical (unpaired) electrons. The number of fused-ring (bicyclic) bond motifs is 2. The number of aromatic nitrogens is 1. The molecule has 112 valence electrons. The van der Waals surface area contributed by atoms with Crippen LogP contribution < -0.4 is 17.7 Å². The van der Waals surface area contributed by atoms with Crippen LogP contribution in [0.1, 0.15) is 23.2 Å². The monoisotopic (exact) mass is 309 g/mol. The zero-order valence-corrected chi connectivity index (χ0v) is 13.3. The lowest BCUT2D eigenvalue weighted by molar-refractivity contribution is -0.00000425. The minimum atomic E-state index is 0. The first-order valence-electron chi connectivity index (χ1n) is 7.55. The molecule has 1 aromatic heterocycles. The standard InChI is InChI=1S/C19H18N2.ClH/c1-13-10-11-18-16(12-13)19(15-8-5-9-17(15)21-18)20-14-6-3-2-4-7-14;/h2-4,6-7,10-12H,5,8-9H2,1H3,(H,20,21);1H/p-1. The van der Waals surface area contributed by atoms with E-state index in [-0.39, 0.29) is 12.4 Å². The maximum absolute atomic E-state index is 4.86. The Morgan fingerprint density at radius 2 is 1.82 bits per heavy atom. The number of hydrogen-bond donors (Lipinski definition) is 1. The van der Waals surface area contributed by atoms with E-state index in [1.165, 1.54) is 34.3 Å². The van der Waals surface area contributed by atoms with Gasteiger partial charge in [-0.25, -0.2) is 0 Å². The van der Waals surface area contributed by atoms with Gasteiger partial charge in [-0.2, -0.15) is 0 Å². The number of para-hydroxylation sites is 1. The van der Waals surface area contributed by atoms with Crippen LogP contribution in [0.25, 0.3) is 10.9 Å². The van der Waals surface area contributed by atoms with Crippen LogP contribution in [0.5, 0.6) is 0 Å². The summed E-state index contributed by atoms with van der Waals surface area (Å²) >= 11 is 0. The molecule has 2 aromatic carbocycles. The highest BCUT2D eigenvalue weighted by atomic mass is 35.5. The van der Waals surface area contributed by atoms with Gasteiger partial charge in [-0.15, -0.1) is 0 Å². The first kappa shape index (κ1) is 14.9. The molecule has 1 aliphatic carbocycles. The van der Waals surface area contributed by atoms with Crippen LogP contribution in [0, 0.1) is 6.92 Å². The fourth-order valence-electron chi connectivity index (χ4n) is 3.18. The number of rotatable bonds is 2. The predicted molar refractivity (Wildman–Crippen MR) is 88.2 cm³/mol.